The minimum Gasteiger partial charge on any atom is -0.346 e. The van der Waals surface area contributed by atoms with E-state index in [9.17, 15) is 4.79 Å². The predicted molar refractivity (Wildman–Crippen MR) is 108 cm³/mol. The molecule has 146 valence electrons. The summed E-state index contributed by atoms with van der Waals surface area (Å²) in [6.45, 7) is 8.58. The van der Waals surface area contributed by atoms with E-state index in [4.69, 9.17) is 4.74 Å². The van der Waals surface area contributed by atoms with Crippen LogP contribution in [-0.4, -0.2) is 22.6 Å². The van der Waals surface area contributed by atoms with Gasteiger partial charge < -0.3 is 9.64 Å². The Morgan fingerprint density at radius 1 is 1.26 bits per heavy atom. The zero-order valence-electron chi connectivity index (χ0n) is 17.2. The van der Waals surface area contributed by atoms with E-state index in [0.29, 0.717) is 11.8 Å². The van der Waals surface area contributed by atoms with Gasteiger partial charge in [-0.05, 0) is 64.9 Å². The molecule has 0 radical (unpaired) electrons. The van der Waals surface area contributed by atoms with Crippen molar-refractivity contribution in [1.29, 1.82) is 0 Å². The molecule has 1 amide bonds. The van der Waals surface area contributed by atoms with Crippen molar-refractivity contribution in [3.63, 3.8) is 0 Å². The zero-order valence-corrected chi connectivity index (χ0v) is 17.2. The Bertz CT molecular complexity index is 738. The van der Waals surface area contributed by atoms with Crippen LogP contribution in [0, 0.1) is 11.3 Å². The summed E-state index contributed by atoms with van der Waals surface area (Å²) in [4.78, 5) is 16.1. The number of fused-ring (bicyclic) bond motifs is 2. The molecule has 4 rings (SSSR count). The average Bonchev–Trinajstić information content (AvgIpc) is 2.92. The lowest BCUT2D eigenvalue weighted by molar-refractivity contribution is -0.191. The summed E-state index contributed by atoms with van der Waals surface area (Å²) in [5.74, 6) is 0.765. The molecule has 5 atom stereocenters. The summed E-state index contributed by atoms with van der Waals surface area (Å²) in [6.07, 6.45) is 8.67. The number of nitrogens with zero attached hydrogens (tertiary/aromatic N) is 1. The van der Waals surface area contributed by atoms with E-state index in [1.807, 2.05) is 6.07 Å². The molecule has 0 bridgehead atoms. The van der Waals surface area contributed by atoms with Gasteiger partial charge in [0.05, 0.1) is 11.5 Å². The van der Waals surface area contributed by atoms with Crippen LogP contribution in [0.5, 0.6) is 0 Å². The van der Waals surface area contributed by atoms with E-state index in [1.54, 1.807) is 0 Å². The Morgan fingerprint density at radius 3 is 2.70 bits per heavy atom. The fourth-order valence-electron chi connectivity index (χ4n) is 5.86. The molecule has 0 aromatic heterocycles. The Labute approximate surface area is 163 Å². The number of hydrogen-bond donors (Lipinski definition) is 0. The summed E-state index contributed by atoms with van der Waals surface area (Å²) in [6, 6.07) is 10.5. The molecule has 0 unspecified atom stereocenters. The molecule has 2 saturated heterocycles. The molecule has 3 heteroatoms. The summed E-state index contributed by atoms with van der Waals surface area (Å²) < 4.78 is 6.63. The van der Waals surface area contributed by atoms with Crippen LogP contribution >= 0.6 is 0 Å². The van der Waals surface area contributed by atoms with Crippen molar-refractivity contribution in [2.24, 2.45) is 11.3 Å². The first-order valence-corrected chi connectivity index (χ1v) is 10.6. The highest BCUT2D eigenvalue weighted by Gasteiger charge is 2.63. The van der Waals surface area contributed by atoms with Crippen LogP contribution in [0.4, 0.5) is 0 Å². The highest BCUT2D eigenvalue weighted by molar-refractivity contribution is 5.85. The lowest BCUT2D eigenvalue weighted by atomic mass is 9.59. The zero-order chi connectivity index (χ0) is 19.2. The van der Waals surface area contributed by atoms with Gasteiger partial charge in [-0.15, -0.1) is 0 Å². The fourth-order valence-corrected chi connectivity index (χ4v) is 5.86. The topological polar surface area (TPSA) is 29.5 Å². The van der Waals surface area contributed by atoms with Gasteiger partial charge in [0.2, 0.25) is 5.91 Å². The number of carbonyl (C=O) groups excluding carboxylic acids is 1. The molecule has 1 aromatic rings. The third-order valence-corrected chi connectivity index (χ3v) is 7.22. The van der Waals surface area contributed by atoms with E-state index < -0.39 is 5.72 Å². The van der Waals surface area contributed by atoms with Gasteiger partial charge in [0.25, 0.3) is 0 Å². The maximum absolute atomic E-state index is 14.0. The van der Waals surface area contributed by atoms with Crippen LogP contribution in [0.25, 0.3) is 0 Å². The number of benzene rings is 1. The first-order valence-electron chi connectivity index (χ1n) is 10.6. The van der Waals surface area contributed by atoms with Crippen LogP contribution in [0.1, 0.15) is 77.9 Å². The molecule has 27 heavy (non-hydrogen) atoms. The van der Waals surface area contributed by atoms with E-state index in [1.165, 1.54) is 24.0 Å². The van der Waals surface area contributed by atoms with Gasteiger partial charge in [-0.25, -0.2) is 0 Å². The van der Waals surface area contributed by atoms with Crippen molar-refractivity contribution >= 4 is 5.91 Å². The first kappa shape index (κ1) is 18.7. The van der Waals surface area contributed by atoms with Gasteiger partial charge in [0.15, 0.2) is 0 Å². The number of rotatable bonds is 3. The molecular weight excluding hydrogens is 334 g/mol. The second kappa shape index (κ2) is 6.77. The fraction of sp³-hybridized carbons (Fsp3) is 0.625. The van der Waals surface area contributed by atoms with Crippen molar-refractivity contribution in [3.8, 4) is 0 Å². The smallest absolute Gasteiger partial charge is 0.231 e. The third-order valence-electron chi connectivity index (χ3n) is 7.22. The maximum atomic E-state index is 14.0. The van der Waals surface area contributed by atoms with E-state index in [0.717, 1.165) is 25.7 Å². The highest BCUT2D eigenvalue weighted by atomic mass is 16.5. The SMILES string of the molecule is CC(C)=CC[C@]12CCCC[C@@H]1C[C@]1(C)O[C@@H](c3ccccc3)[C@@H](C)N1C2=O. The third kappa shape index (κ3) is 2.95. The Kier molecular flexibility index (Phi) is 4.70. The molecule has 0 spiro atoms. The lowest BCUT2D eigenvalue weighted by Crippen LogP contribution is -2.63. The molecule has 3 nitrogen and oxygen atoms in total. The van der Waals surface area contributed by atoms with Gasteiger partial charge >= 0.3 is 0 Å². The van der Waals surface area contributed by atoms with Crippen molar-refractivity contribution in [2.45, 2.75) is 84.1 Å². The molecule has 2 aliphatic heterocycles. The van der Waals surface area contributed by atoms with Crippen molar-refractivity contribution < 1.29 is 9.53 Å². The number of allylic oxidation sites excluding steroid dienone is 2. The second-order valence-corrected chi connectivity index (χ2v) is 9.33. The van der Waals surface area contributed by atoms with Gasteiger partial charge in [0, 0.05) is 0 Å². The van der Waals surface area contributed by atoms with E-state index in [-0.39, 0.29) is 17.6 Å². The second-order valence-electron chi connectivity index (χ2n) is 9.33. The van der Waals surface area contributed by atoms with Gasteiger partial charge in [-0.3, -0.25) is 4.79 Å². The average molecular weight is 368 g/mol. The highest BCUT2D eigenvalue weighted by Crippen LogP contribution is 2.58. The monoisotopic (exact) mass is 367 g/mol. The number of ether oxygens (including phenoxy) is 1. The van der Waals surface area contributed by atoms with Crippen LogP contribution in [0.2, 0.25) is 0 Å². The van der Waals surface area contributed by atoms with Crippen molar-refractivity contribution in [3.05, 3.63) is 47.5 Å². The summed E-state index contributed by atoms with van der Waals surface area (Å²) in [5.41, 5.74) is 1.78. The Morgan fingerprint density at radius 2 is 2.00 bits per heavy atom. The van der Waals surface area contributed by atoms with Gasteiger partial charge in [-0.1, -0.05) is 54.8 Å². The molecule has 0 N–H and O–H groups in total. The number of amides is 1. The Hall–Kier alpha value is -1.61. The van der Waals surface area contributed by atoms with E-state index in [2.05, 4.69) is 62.9 Å². The normalized spacial score (nSPS) is 38.3. The summed E-state index contributed by atoms with van der Waals surface area (Å²) >= 11 is 0. The molecule has 1 saturated carbocycles. The van der Waals surface area contributed by atoms with Crippen LogP contribution in [0.3, 0.4) is 0 Å². The van der Waals surface area contributed by atoms with Crippen molar-refractivity contribution in [2.75, 3.05) is 0 Å². The number of hydrogen-bond acceptors (Lipinski definition) is 2. The minimum atomic E-state index is -0.479. The van der Waals surface area contributed by atoms with Gasteiger partial charge in [-0.2, -0.15) is 0 Å². The number of piperidine rings is 1. The molecule has 1 aliphatic carbocycles. The standard InChI is InChI=1S/C24H33NO2/c1-17(2)13-15-24-14-9-8-12-20(24)16-23(4)25(22(24)26)18(3)21(27-23)19-10-6-5-7-11-19/h5-7,10-11,13,18,20-21H,8-9,12,14-16H2,1-4H3/t18-,20-,21-,23+,24-/m1/s1. The molecular formula is C24H33NO2. The largest absolute Gasteiger partial charge is 0.346 e. The molecule has 3 aliphatic rings. The minimum absolute atomic E-state index is 0.0409. The van der Waals surface area contributed by atoms with Crippen LogP contribution in [0.15, 0.2) is 42.0 Å². The lowest BCUT2D eigenvalue weighted by Gasteiger charge is -2.54. The van der Waals surface area contributed by atoms with Crippen LogP contribution < -0.4 is 0 Å². The first-order chi connectivity index (χ1) is 12.9. The van der Waals surface area contributed by atoms with Crippen molar-refractivity contribution in [1.82, 2.24) is 4.90 Å². The summed E-state index contributed by atoms with van der Waals surface area (Å²) in [5, 5.41) is 0. The maximum Gasteiger partial charge on any atom is 0.231 e. The molecule has 3 fully saturated rings. The Balaban J connectivity index is 1.71. The predicted octanol–water partition coefficient (Wildman–Crippen LogP) is 5.63. The van der Waals surface area contributed by atoms with Crippen LogP contribution in [-0.2, 0) is 9.53 Å². The summed E-state index contributed by atoms with van der Waals surface area (Å²) in [7, 11) is 0. The van der Waals surface area contributed by atoms with Gasteiger partial charge in [0.1, 0.15) is 11.8 Å². The van der Waals surface area contributed by atoms with E-state index >= 15 is 0 Å². The molecule has 1 aromatic carbocycles. The molecule has 2 heterocycles. The quantitative estimate of drug-likeness (QED) is 0.648. The number of carbonyl (C=O) groups is 1.